The van der Waals surface area contributed by atoms with Gasteiger partial charge in [-0.2, -0.15) is 5.10 Å². The second-order valence-corrected chi connectivity index (χ2v) is 8.54. The van der Waals surface area contributed by atoms with Crippen molar-refractivity contribution < 1.29 is 14.6 Å². The van der Waals surface area contributed by atoms with Crippen molar-refractivity contribution in [2.75, 3.05) is 19.7 Å². The molecular weight excluding hydrogens is 330 g/mol. The lowest BCUT2D eigenvalue weighted by Crippen LogP contribution is -2.45. The van der Waals surface area contributed by atoms with Crippen LogP contribution < -0.4 is 4.74 Å². The lowest BCUT2D eigenvalue weighted by Gasteiger charge is -2.35. The summed E-state index contributed by atoms with van der Waals surface area (Å²) in [4.78, 5) is 14.4. The number of hydrogen-bond acceptors (Lipinski definition) is 4. The second-order valence-electron chi connectivity index (χ2n) is 8.54. The Morgan fingerprint density at radius 1 is 1.42 bits per heavy atom. The van der Waals surface area contributed by atoms with E-state index in [1.54, 1.807) is 0 Å². The highest BCUT2D eigenvalue weighted by molar-refractivity contribution is 5.78. The van der Waals surface area contributed by atoms with Gasteiger partial charge in [0, 0.05) is 36.7 Å². The zero-order chi connectivity index (χ0) is 18.5. The van der Waals surface area contributed by atoms with E-state index in [0.29, 0.717) is 19.6 Å². The summed E-state index contributed by atoms with van der Waals surface area (Å²) in [5, 5.41) is 17.5. The molecule has 0 radical (unpaired) electrons. The van der Waals surface area contributed by atoms with Crippen molar-refractivity contribution in [2.45, 2.75) is 38.6 Å². The Bertz CT molecular complexity index is 839. The fraction of sp³-hybridized carbons (Fsp3) is 0.500. The number of carboxylic acids is 1. The number of carboxylic acid groups (broad SMARTS) is 1. The van der Waals surface area contributed by atoms with E-state index in [9.17, 15) is 9.90 Å². The number of aliphatic carboxylic acids is 1. The number of hydrogen-bond donors (Lipinski definition) is 2. The molecule has 6 heteroatoms. The lowest BCUT2D eigenvalue weighted by atomic mass is 9.73. The monoisotopic (exact) mass is 355 g/mol. The van der Waals surface area contributed by atoms with E-state index in [4.69, 9.17) is 4.74 Å². The zero-order valence-corrected chi connectivity index (χ0v) is 15.5. The summed E-state index contributed by atoms with van der Waals surface area (Å²) in [5.74, 6) is -0.0257. The van der Waals surface area contributed by atoms with Crippen LogP contribution in [0.25, 0.3) is 0 Å². The quantitative estimate of drug-likeness (QED) is 0.885. The molecule has 1 aromatic heterocycles. The van der Waals surface area contributed by atoms with Crippen LogP contribution in [0.2, 0.25) is 0 Å². The predicted molar refractivity (Wildman–Crippen MR) is 97.3 cm³/mol. The van der Waals surface area contributed by atoms with Gasteiger partial charge in [0.15, 0.2) is 0 Å². The Morgan fingerprint density at radius 3 is 2.88 bits per heavy atom. The highest BCUT2D eigenvalue weighted by atomic mass is 16.5. The first-order chi connectivity index (χ1) is 12.3. The average Bonchev–Trinajstić information content (AvgIpc) is 3.20. The van der Waals surface area contributed by atoms with Gasteiger partial charge in [0.25, 0.3) is 0 Å². The molecule has 1 aromatic carbocycles. The van der Waals surface area contributed by atoms with Crippen LogP contribution in [0.15, 0.2) is 30.3 Å². The van der Waals surface area contributed by atoms with E-state index >= 15 is 0 Å². The molecule has 3 heterocycles. The molecule has 2 N–H and O–H groups in total. The molecule has 0 unspecified atom stereocenters. The van der Waals surface area contributed by atoms with Crippen molar-refractivity contribution in [3.63, 3.8) is 0 Å². The number of aromatic nitrogens is 2. The molecule has 0 amide bonds. The van der Waals surface area contributed by atoms with Crippen LogP contribution in [0, 0.1) is 5.41 Å². The van der Waals surface area contributed by atoms with E-state index in [2.05, 4.69) is 41.9 Å². The van der Waals surface area contributed by atoms with Crippen molar-refractivity contribution in [3.8, 4) is 5.75 Å². The average molecular weight is 355 g/mol. The summed E-state index contributed by atoms with van der Waals surface area (Å²) in [7, 11) is 0. The van der Waals surface area contributed by atoms with Gasteiger partial charge >= 0.3 is 5.97 Å². The molecular formula is C20H25N3O3. The van der Waals surface area contributed by atoms with Crippen molar-refractivity contribution in [3.05, 3.63) is 47.3 Å². The molecule has 0 aliphatic carbocycles. The van der Waals surface area contributed by atoms with Crippen molar-refractivity contribution in [1.29, 1.82) is 0 Å². The number of ether oxygens (including phenoxy) is 1. The Kier molecular flexibility index (Phi) is 3.84. The lowest BCUT2D eigenvalue weighted by molar-refractivity contribution is -0.151. The molecule has 0 saturated carbocycles. The summed E-state index contributed by atoms with van der Waals surface area (Å²) < 4.78 is 5.82. The topological polar surface area (TPSA) is 78.5 Å². The zero-order valence-electron chi connectivity index (χ0n) is 15.5. The SMILES string of the molecule is CC(C)(C)c1cc(CN2C[C@@H]3c4ccccc4OC[C@]3(C(=O)O)C2)[nH]n1. The molecule has 1 saturated heterocycles. The molecule has 138 valence electrons. The van der Waals surface area contributed by atoms with Crippen LogP contribution in [-0.4, -0.2) is 45.9 Å². The number of nitrogens with zero attached hydrogens (tertiary/aromatic N) is 2. The molecule has 0 bridgehead atoms. The Labute approximate surface area is 153 Å². The van der Waals surface area contributed by atoms with Gasteiger partial charge in [-0.15, -0.1) is 0 Å². The van der Waals surface area contributed by atoms with Crippen LogP contribution in [0.4, 0.5) is 0 Å². The van der Waals surface area contributed by atoms with Crippen LogP contribution in [0.1, 0.15) is 43.6 Å². The van der Waals surface area contributed by atoms with Crippen molar-refractivity contribution in [1.82, 2.24) is 15.1 Å². The number of benzene rings is 1. The van der Waals surface area contributed by atoms with Gasteiger partial charge in [-0.05, 0) is 17.7 Å². The molecule has 1 fully saturated rings. The second kappa shape index (κ2) is 5.84. The van der Waals surface area contributed by atoms with Gasteiger partial charge < -0.3 is 9.84 Å². The van der Waals surface area contributed by atoms with E-state index < -0.39 is 11.4 Å². The maximum absolute atomic E-state index is 12.2. The number of para-hydroxylation sites is 1. The number of carbonyl (C=O) groups is 1. The third-order valence-electron chi connectivity index (χ3n) is 5.61. The van der Waals surface area contributed by atoms with Crippen LogP contribution in [-0.2, 0) is 16.8 Å². The summed E-state index contributed by atoms with van der Waals surface area (Å²) >= 11 is 0. The van der Waals surface area contributed by atoms with Crippen molar-refractivity contribution in [2.24, 2.45) is 5.41 Å². The molecule has 2 atom stereocenters. The molecule has 2 aromatic rings. The minimum atomic E-state index is -0.888. The van der Waals surface area contributed by atoms with Crippen molar-refractivity contribution >= 4 is 5.97 Å². The maximum atomic E-state index is 12.2. The van der Waals surface area contributed by atoms with Crippen LogP contribution in [0.3, 0.4) is 0 Å². The molecule has 2 aliphatic heterocycles. The van der Waals surface area contributed by atoms with Gasteiger partial charge in [0.05, 0.1) is 5.69 Å². The van der Waals surface area contributed by atoms with Gasteiger partial charge in [0.1, 0.15) is 17.8 Å². The van der Waals surface area contributed by atoms with E-state index in [-0.39, 0.29) is 17.9 Å². The third kappa shape index (κ3) is 2.69. The Morgan fingerprint density at radius 2 is 2.19 bits per heavy atom. The largest absolute Gasteiger partial charge is 0.492 e. The Hall–Kier alpha value is -2.34. The Balaban J connectivity index is 1.60. The van der Waals surface area contributed by atoms with Gasteiger partial charge in [-0.3, -0.25) is 14.8 Å². The summed E-state index contributed by atoms with van der Waals surface area (Å²) in [6, 6.07) is 9.88. The highest BCUT2D eigenvalue weighted by Crippen LogP contribution is 2.49. The first kappa shape index (κ1) is 17.1. The van der Waals surface area contributed by atoms with Gasteiger partial charge in [0.2, 0.25) is 0 Å². The minimum Gasteiger partial charge on any atom is -0.492 e. The smallest absolute Gasteiger partial charge is 0.315 e. The number of likely N-dealkylation sites (tertiary alicyclic amines) is 1. The van der Waals surface area contributed by atoms with E-state index in [1.165, 1.54) is 0 Å². The van der Waals surface area contributed by atoms with Gasteiger partial charge in [-0.25, -0.2) is 0 Å². The maximum Gasteiger partial charge on any atom is 0.315 e. The predicted octanol–water partition coefficient (Wildman–Crippen LogP) is 2.77. The van der Waals surface area contributed by atoms with Gasteiger partial charge in [-0.1, -0.05) is 39.0 Å². The van der Waals surface area contributed by atoms with E-state index in [0.717, 1.165) is 22.7 Å². The fourth-order valence-electron chi connectivity index (χ4n) is 4.12. The first-order valence-electron chi connectivity index (χ1n) is 9.02. The third-order valence-corrected chi connectivity index (χ3v) is 5.61. The highest BCUT2D eigenvalue weighted by Gasteiger charge is 2.56. The van der Waals surface area contributed by atoms with Crippen LogP contribution >= 0.6 is 0 Å². The van der Waals surface area contributed by atoms with Crippen LogP contribution in [0.5, 0.6) is 5.75 Å². The molecule has 26 heavy (non-hydrogen) atoms. The summed E-state index contributed by atoms with van der Waals surface area (Å²) in [6.07, 6.45) is 0. The number of fused-ring (bicyclic) bond motifs is 3. The fourth-order valence-corrected chi connectivity index (χ4v) is 4.12. The normalized spacial score (nSPS) is 25.4. The number of H-pyrrole nitrogens is 1. The number of rotatable bonds is 3. The summed E-state index contributed by atoms with van der Waals surface area (Å²) in [6.45, 7) is 8.45. The molecule has 4 rings (SSSR count). The molecule has 0 spiro atoms. The number of aromatic amines is 1. The summed E-state index contributed by atoms with van der Waals surface area (Å²) in [5.41, 5.74) is 2.14. The number of nitrogens with one attached hydrogen (secondary N) is 1. The molecule has 6 nitrogen and oxygen atoms in total. The van der Waals surface area contributed by atoms with E-state index in [1.807, 2.05) is 24.3 Å². The molecule has 2 aliphatic rings. The first-order valence-corrected chi connectivity index (χ1v) is 9.02. The minimum absolute atomic E-state index is 0.0111. The standard InChI is InChI=1S/C20H25N3O3/c1-19(2,3)17-8-13(21-22-17)9-23-10-15-14-6-4-5-7-16(14)26-12-20(15,11-23)18(24)25/h4-8,15H,9-12H2,1-3H3,(H,21,22)(H,24,25)/t15-,20-/m1/s1.